The van der Waals surface area contributed by atoms with Crippen molar-refractivity contribution in [1.82, 2.24) is 14.9 Å². The third-order valence-electron chi connectivity index (χ3n) is 5.65. The van der Waals surface area contributed by atoms with Crippen LogP contribution in [-0.4, -0.2) is 38.5 Å². The Kier molecular flexibility index (Phi) is 5.63. The van der Waals surface area contributed by atoms with Crippen molar-refractivity contribution in [3.8, 4) is 11.1 Å². The maximum atomic E-state index is 13.2. The van der Waals surface area contributed by atoms with Gasteiger partial charge in [-0.15, -0.1) is 11.3 Å². The van der Waals surface area contributed by atoms with Gasteiger partial charge in [0.2, 0.25) is 11.8 Å². The number of nitrogens with zero attached hydrogens (tertiary/aromatic N) is 3. The molecule has 0 saturated carbocycles. The zero-order valence-corrected chi connectivity index (χ0v) is 18.7. The lowest BCUT2D eigenvalue weighted by atomic mass is 9.93. The van der Waals surface area contributed by atoms with Gasteiger partial charge < -0.3 is 10.6 Å². The molecule has 0 aliphatic carbocycles. The summed E-state index contributed by atoms with van der Waals surface area (Å²) < 4.78 is 0. The van der Waals surface area contributed by atoms with Crippen molar-refractivity contribution < 1.29 is 9.59 Å². The van der Waals surface area contributed by atoms with Crippen LogP contribution < -0.4 is 5.73 Å². The maximum Gasteiger partial charge on any atom is 0.240 e. The number of thiophene rings is 1. The van der Waals surface area contributed by atoms with Crippen LogP contribution in [0.4, 0.5) is 0 Å². The number of rotatable bonds is 5. The summed E-state index contributed by atoms with van der Waals surface area (Å²) >= 11 is 2.93. The van der Waals surface area contributed by atoms with Gasteiger partial charge in [-0.05, 0) is 16.7 Å². The molecule has 2 N–H and O–H groups in total. The highest BCUT2D eigenvalue weighted by Gasteiger charge is 2.33. The van der Waals surface area contributed by atoms with Gasteiger partial charge in [0.05, 0.1) is 11.1 Å². The number of fused-ring (bicyclic) bond motifs is 2. The van der Waals surface area contributed by atoms with Crippen molar-refractivity contribution >= 4 is 45.1 Å². The topological polar surface area (TPSA) is 89.2 Å². The van der Waals surface area contributed by atoms with E-state index in [4.69, 9.17) is 5.73 Å². The number of carbonyl (C=O) groups excluding carboxylic acids is 2. The third kappa shape index (κ3) is 3.87. The first kappa shape index (κ1) is 20.7. The van der Waals surface area contributed by atoms with E-state index in [0.29, 0.717) is 13.0 Å². The Hall–Kier alpha value is -3.23. The van der Waals surface area contributed by atoms with E-state index >= 15 is 0 Å². The summed E-state index contributed by atoms with van der Waals surface area (Å²) in [6, 6.07) is 17.3. The fraction of sp³-hybridized carbons (Fsp3) is 0.167. The van der Waals surface area contributed by atoms with Gasteiger partial charge in [-0.1, -0.05) is 66.4 Å². The van der Waals surface area contributed by atoms with Crippen LogP contribution >= 0.6 is 23.1 Å². The zero-order valence-electron chi connectivity index (χ0n) is 17.1. The molecule has 0 radical (unpaired) electrons. The van der Waals surface area contributed by atoms with E-state index in [2.05, 4.69) is 27.5 Å². The number of amides is 2. The molecule has 32 heavy (non-hydrogen) atoms. The normalized spacial score (nSPS) is 15.5. The van der Waals surface area contributed by atoms with Gasteiger partial charge in [-0.3, -0.25) is 9.59 Å². The van der Waals surface area contributed by atoms with Gasteiger partial charge in [0.25, 0.3) is 0 Å². The highest BCUT2D eigenvalue weighted by molar-refractivity contribution is 8.00. The van der Waals surface area contributed by atoms with E-state index < -0.39 is 11.9 Å². The molecule has 0 bridgehead atoms. The molecule has 0 saturated heterocycles. The van der Waals surface area contributed by atoms with E-state index in [1.807, 2.05) is 42.5 Å². The molecule has 1 atom stereocenters. The average Bonchev–Trinajstić information content (AvgIpc) is 3.27. The number of carbonyl (C=O) groups is 2. The second-order valence-corrected chi connectivity index (χ2v) is 9.40. The van der Waals surface area contributed by atoms with E-state index in [9.17, 15) is 9.59 Å². The number of primary amides is 1. The Morgan fingerprint density at radius 1 is 1.06 bits per heavy atom. The largest absolute Gasteiger partial charge is 0.368 e. The summed E-state index contributed by atoms with van der Waals surface area (Å²) in [6.45, 7) is 0.385. The Morgan fingerprint density at radius 2 is 1.81 bits per heavy atom. The molecule has 2 aromatic carbocycles. The lowest BCUT2D eigenvalue weighted by molar-refractivity contribution is -0.138. The predicted molar refractivity (Wildman–Crippen MR) is 127 cm³/mol. The predicted octanol–water partition coefficient (Wildman–Crippen LogP) is 3.89. The second kappa shape index (κ2) is 8.72. The molecule has 6 nitrogen and oxygen atoms in total. The summed E-state index contributed by atoms with van der Waals surface area (Å²) in [5.74, 6) is -0.440. The standard InChI is InChI=1S/C24H20N4O2S2/c25-22(30)19-10-16-8-4-5-9-17(16)11-28(19)20(29)13-32-24-21-18(15-6-2-1-3-7-15)12-31-23(21)26-14-27-24/h1-9,12,14,19H,10-11,13H2,(H2,25,30)/t19-/m1/s1. The van der Waals surface area contributed by atoms with Gasteiger partial charge >= 0.3 is 0 Å². The van der Waals surface area contributed by atoms with Crippen LogP contribution in [0.15, 0.2) is 71.3 Å². The Balaban J connectivity index is 1.40. The smallest absolute Gasteiger partial charge is 0.240 e. The Labute approximate surface area is 193 Å². The maximum absolute atomic E-state index is 13.2. The molecule has 8 heteroatoms. The van der Waals surface area contributed by atoms with E-state index in [1.165, 1.54) is 18.1 Å². The van der Waals surface area contributed by atoms with Crippen molar-refractivity contribution in [3.05, 3.63) is 77.4 Å². The lowest BCUT2D eigenvalue weighted by Gasteiger charge is -2.35. The van der Waals surface area contributed by atoms with Gasteiger partial charge in [-0.25, -0.2) is 9.97 Å². The van der Waals surface area contributed by atoms with Gasteiger partial charge in [0, 0.05) is 23.9 Å². The summed E-state index contributed by atoms with van der Waals surface area (Å²) in [5.41, 5.74) is 9.91. The summed E-state index contributed by atoms with van der Waals surface area (Å²) in [5, 5.41) is 3.79. The molecule has 4 aromatic rings. The van der Waals surface area contributed by atoms with Crippen LogP contribution in [0.1, 0.15) is 11.1 Å². The van der Waals surface area contributed by atoms with Crippen LogP contribution in [0, 0.1) is 0 Å². The first-order chi connectivity index (χ1) is 15.6. The molecule has 2 amide bonds. The number of hydrogen-bond donors (Lipinski definition) is 1. The van der Waals surface area contributed by atoms with Crippen LogP contribution in [0.3, 0.4) is 0 Å². The molecule has 160 valence electrons. The number of hydrogen-bond acceptors (Lipinski definition) is 6. The highest BCUT2D eigenvalue weighted by Crippen LogP contribution is 2.38. The molecular formula is C24H20N4O2S2. The molecule has 0 fully saturated rings. The first-order valence-corrected chi connectivity index (χ1v) is 12.0. The molecule has 1 aliphatic rings. The molecular weight excluding hydrogens is 440 g/mol. The average molecular weight is 461 g/mol. The second-order valence-electron chi connectivity index (χ2n) is 7.58. The molecule has 2 aromatic heterocycles. The molecule has 3 heterocycles. The third-order valence-corrected chi connectivity index (χ3v) is 7.51. The number of nitrogens with two attached hydrogens (primary N) is 1. The van der Waals surface area contributed by atoms with Crippen molar-refractivity contribution in [2.75, 3.05) is 5.75 Å². The summed E-state index contributed by atoms with van der Waals surface area (Å²) in [4.78, 5) is 36.6. The SMILES string of the molecule is NC(=O)[C@H]1Cc2ccccc2CN1C(=O)CSc1ncnc2scc(-c3ccccc3)c12. The molecule has 0 spiro atoms. The minimum Gasteiger partial charge on any atom is -0.368 e. The van der Waals surface area contributed by atoms with Gasteiger partial charge in [0.15, 0.2) is 0 Å². The Morgan fingerprint density at radius 3 is 2.59 bits per heavy atom. The van der Waals surface area contributed by atoms with Crippen molar-refractivity contribution in [3.63, 3.8) is 0 Å². The minimum absolute atomic E-state index is 0.128. The van der Waals surface area contributed by atoms with E-state index in [-0.39, 0.29) is 11.7 Å². The van der Waals surface area contributed by atoms with Crippen LogP contribution in [0.25, 0.3) is 21.3 Å². The molecule has 0 unspecified atom stereocenters. The fourth-order valence-electron chi connectivity index (χ4n) is 4.04. The number of aromatic nitrogens is 2. The van der Waals surface area contributed by atoms with E-state index in [0.717, 1.165) is 37.5 Å². The minimum atomic E-state index is -0.635. The van der Waals surface area contributed by atoms with Crippen LogP contribution in [-0.2, 0) is 22.6 Å². The molecule has 5 rings (SSSR count). The number of benzene rings is 2. The first-order valence-electron chi connectivity index (χ1n) is 10.2. The van der Waals surface area contributed by atoms with Crippen LogP contribution in [0.2, 0.25) is 0 Å². The number of thioether (sulfide) groups is 1. The lowest BCUT2D eigenvalue weighted by Crippen LogP contribution is -2.51. The van der Waals surface area contributed by atoms with Crippen LogP contribution in [0.5, 0.6) is 0 Å². The quantitative estimate of drug-likeness (QED) is 0.361. The highest BCUT2D eigenvalue weighted by atomic mass is 32.2. The van der Waals surface area contributed by atoms with Crippen molar-refractivity contribution in [2.24, 2.45) is 5.73 Å². The van der Waals surface area contributed by atoms with Gasteiger partial charge in [-0.2, -0.15) is 0 Å². The monoisotopic (exact) mass is 460 g/mol. The van der Waals surface area contributed by atoms with Crippen molar-refractivity contribution in [2.45, 2.75) is 24.0 Å². The molecule has 1 aliphatic heterocycles. The summed E-state index contributed by atoms with van der Waals surface area (Å²) in [6.07, 6.45) is 1.98. The van der Waals surface area contributed by atoms with Crippen molar-refractivity contribution in [1.29, 1.82) is 0 Å². The fourth-order valence-corrected chi connectivity index (χ4v) is 5.92. The van der Waals surface area contributed by atoms with Gasteiger partial charge in [0.1, 0.15) is 22.2 Å². The van der Waals surface area contributed by atoms with E-state index in [1.54, 1.807) is 16.2 Å². The zero-order chi connectivity index (χ0) is 22.1. The Bertz CT molecular complexity index is 1310. The summed E-state index contributed by atoms with van der Waals surface area (Å²) in [7, 11) is 0.